The molecule has 0 aliphatic carbocycles. The highest BCUT2D eigenvalue weighted by atomic mass is 32.1. The largest absolute Gasteiger partial charge is 0.317 e. The maximum absolute atomic E-state index is 12.3. The van der Waals surface area contributed by atoms with Crippen LogP contribution < -0.4 is 5.56 Å². The second-order valence-corrected chi connectivity index (χ2v) is 5.38. The van der Waals surface area contributed by atoms with Gasteiger partial charge in [0.1, 0.15) is 10.5 Å². The number of aromatic nitrogens is 5. The lowest BCUT2D eigenvalue weighted by molar-refractivity contribution is 0.667. The molecule has 6 nitrogen and oxygen atoms in total. The van der Waals surface area contributed by atoms with Gasteiger partial charge in [-0.15, -0.1) is 21.5 Å². The molecule has 0 saturated heterocycles. The van der Waals surface area contributed by atoms with Crippen molar-refractivity contribution in [1.29, 1.82) is 0 Å². The molecule has 3 aromatic heterocycles. The second-order valence-electron chi connectivity index (χ2n) is 4.50. The van der Waals surface area contributed by atoms with E-state index in [1.165, 1.54) is 11.3 Å². The molecule has 0 N–H and O–H groups in total. The van der Waals surface area contributed by atoms with Crippen LogP contribution in [0.2, 0.25) is 0 Å². The molecule has 3 heterocycles. The first kappa shape index (κ1) is 12.0. The summed E-state index contributed by atoms with van der Waals surface area (Å²) >= 11 is 1.44. The molecular weight excluding hydrogens is 262 g/mol. The Morgan fingerprint density at radius 3 is 2.79 bits per heavy atom. The summed E-state index contributed by atoms with van der Waals surface area (Å²) in [6.45, 7) is 4.22. The quantitative estimate of drug-likeness (QED) is 0.706. The molecule has 3 aromatic rings. The van der Waals surface area contributed by atoms with Crippen molar-refractivity contribution in [3.63, 3.8) is 0 Å². The van der Waals surface area contributed by atoms with Crippen LogP contribution in [0.3, 0.4) is 0 Å². The van der Waals surface area contributed by atoms with Gasteiger partial charge in [-0.2, -0.15) is 0 Å². The van der Waals surface area contributed by atoms with Crippen molar-refractivity contribution in [2.24, 2.45) is 7.05 Å². The van der Waals surface area contributed by atoms with Crippen LogP contribution in [-0.4, -0.2) is 24.3 Å². The minimum Gasteiger partial charge on any atom is -0.317 e. The van der Waals surface area contributed by atoms with Gasteiger partial charge in [0.2, 0.25) is 0 Å². The molecule has 7 heteroatoms. The minimum absolute atomic E-state index is 0.0243. The standard InChI is InChI=1S/C12H13N5OS/c1-7-5-19-11-10(7)13-6-17(12(11)18)4-9-15-14-8(2)16(9)3/h5-6H,4H2,1-3H3. The predicted molar refractivity (Wildman–Crippen MR) is 73.5 cm³/mol. The summed E-state index contributed by atoms with van der Waals surface area (Å²) in [5.41, 5.74) is 1.81. The van der Waals surface area contributed by atoms with Gasteiger partial charge in [-0.05, 0) is 24.8 Å². The van der Waals surface area contributed by atoms with Crippen LogP contribution in [0.1, 0.15) is 17.2 Å². The van der Waals surface area contributed by atoms with E-state index in [0.29, 0.717) is 11.2 Å². The Bertz CT molecular complexity index is 813. The lowest BCUT2D eigenvalue weighted by atomic mass is 10.3. The van der Waals surface area contributed by atoms with E-state index in [1.54, 1.807) is 10.9 Å². The van der Waals surface area contributed by atoms with Gasteiger partial charge in [-0.3, -0.25) is 9.36 Å². The van der Waals surface area contributed by atoms with Crippen molar-refractivity contribution in [2.45, 2.75) is 20.4 Å². The van der Waals surface area contributed by atoms with Crippen LogP contribution in [0.15, 0.2) is 16.5 Å². The Morgan fingerprint density at radius 1 is 1.32 bits per heavy atom. The Kier molecular flexibility index (Phi) is 2.70. The smallest absolute Gasteiger partial charge is 0.271 e. The van der Waals surface area contributed by atoms with E-state index < -0.39 is 0 Å². The minimum atomic E-state index is -0.0243. The summed E-state index contributed by atoms with van der Waals surface area (Å²) in [7, 11) is 1.89. The van der Waals surface area contributed by atoms with E-state index in [0.717, 1.165) is 22.7 Å². The summed E-state index contributed by atoms with van der Waals surface area (Å²) in [6.07, 6.45) is 1.58. The molecule has 0 radical (unpaired) electrons. The molecule has 98 valence electrons. The molecule has 0 atom stereocenters. The molecule has 0 fully saturated rings. The van der Waals surface area contributed by atoms with E-state index in [1.807, 2.05) is 30.8 Å². The van der Waals surface area contributed by atoms with Crippen LogP contribution in [0.5, 0.6) is 0 Å². The van der Waals surface area contributed by atoms with Crippen molar-refractivity contribution < 1.29 is 0 Å². The first-order valence-corrected chi connectivity index (χ1v) is 6.74. The molecular formula is C12H13N5OS. The molecule has 0 aromatic carbocycles. The van der Waals surface area contributed by atoms with E-state index in [2.05, 4.69) is 15.2 Å². The molecule has 0 amide bonds. The molecule has 0 saturated carbocycles. The molecule has 0 unspecified atom stereocenters. The number of hydrogen-bond acceptors (Lipinski definition) is 5. The predicted octanol–water partition coefficient (Wildman–Crippen LogP) is 1.25. The zero-order chi connectivity index (χ0) is 13.6. The summed E-state index contributed by atoms with van der Waals surface area (Å²) in [5, 5.41) is 10.0. The summed E-state index contributed by atoms with van der Waals surface area (Å²) in [6, 6.07) is 0. The molecule has 3 rings (SSSR count). The molecule has 0 aliphatic rings. The van der Waals surface area contributed by atoms with E-state index >= 15 is 0 Å². The van der Waals surface area contributed by atoms with E-state index in [4.69, 9.17) is 0 Å². The fourth-order valence-corrected chi connectivity index (χ4v) is 2.86. The Morgan fingerprint density at radius 2 is 2.11 bits per heavy atom. The number of aryl methyl sites for hydroxylation is 2. The van der Waals surface area contributed by atoms with Crippen LogP contribution in [-0.2, 0) is 13.6 Å². The lowest BCUT2D eigenvalue weighted by Gasteiger charge is -2.05. The molecule has 0 bridgehead atoms. The fraction of sp³-hybridized carbons (Fsp3) is 0.333. The average molecular weight is 275 g/mol. The van der Waals surface area contributed by atoms with Gasteiger partial charge in [0, 0.05) is 7.05 Å². The summed E-state index contributed by atoms with van der Waals surface area (Å²) in [4.78, 5) is 16.7. The normalized spacial score (nSPS) is 11.3. The SMILES string of the molecule is Cc1csc2c(=O)n(Cc3nnc(C)n3C)cnc12. The topological polar surface area (TPSA) is 65.6 Å². The van der Waals surface area contributed by atoms with Gasteiger partial charge in [-0.1, -0.05) is 0 Å². The van der Waals surface area contributed by atoms with Crippen LogP contribution in [0.4, 0.5) is 0 Å². The third-order valence-corrected chi connectivity index (χ3v) is 4.29. The number of thiophene rings is 1. The lowest BCUT2D eigenvalue weighted by Crippen LogP contribution is -2.22. The molecule has 19 heavy (non-hydrogen) atoms. The highest BCUT2D eigenvalue weighted by molar-refractivity contribution is 7.17. The summed E-state index contributed by atoms with van der Waals surface area (Å²) in [5.74, 6) is 1.57. The highest BCUT2D eigenvalue weighted by Crippen LogP contribution is 2.19. The van der Waals surface area contributed by atoms with Crippen LogP contribution >= 0.6 is 11.3 Å². The summed E-state index contributed by atoms with van der Waals surface area (Å²) < 4.78 is 4.14. The molecule has 0 spiro atoms. The first-order chi connectivity index (χ1) is 9.08. The van der Waals surface area contributed by atoms with Crippen LogP contribution in [0, 0.1) is 13.8 Å². The highest BCUT2D eigenvalue weighted by Gasteiger charge is 2.11. The van der Waals surface area contributed by atoms with Crippen molar-refractivity contribution in [2.75, 3.05) is 0 Å². The fourth-order valence-electron chi connectivity index (χ4n) is 1.91. The third-order valence-electron chi connectivity index (χ3n) is 3.22. The van der Waals surface area contributed by atoms with Gasteiger partial charge in [-0.25, -0.2) is 4.98 Å². The zero-order valence-corrected chi connectivity index (χ0v) is 11.7. The van der Waals surface area contributed by atoms with Crippen molar-refractivity contribution in [3.05, 3.63) is 39.3 Å². The number of hydrogen-bond donors (Lipinski definition) is 0. The van der Waals surface area contributed by atoms with Gasteiger partial charge in [0.15, 0.2) is 5.82 Å². The van der Waals surface area contributed by atoms with E-state index in [-0.39, 0.29) is 5.56 Å². The van der Waals surface area contributed by atoms with Gasteiger partial charge >= 0.3 is 0 Å². The van der Waals surface area contributed by atoms with Crippen molar-refractivity contribution in [1.82, 2.24) is 24.3 Å². The van der Waals surface area contributed by atoms with Gasteiger partial charge in [0.05, 0.1) is 18.4 Å². The first-order valence-electron chi connectivity index (χ1n) is 5.86. The Balaban J connectivity index is 2.09. The number of fused-ring (bicyclic) bond motifs is 1. The zero-order valence-electron chi connectivity index (χ0n) is 10.9. The van der Waals surface area contributed by atoms with Crippen molar-refractivity contribution >= 4 is 21.6 Å². The second kappa shape index (κ2) is 4.27. The van der Waals surface area contributed by atoms with E-state index in [9.17, 15) is 4.79 Å². The van der Waals surface area contributed by atoms with Crippen LogP contribution in [0.25, 0.3) is 10.2 Å². The number of rotatable bonds is 2. The van der Waals surface area contributed by atoms with Gasteiger partial charge in [0.25, 0.3) is 5.56 Å². The average Bonchev–Trinajstić information content (AvgIpc) is 2.91. The number of nitrogens with zero attached hydrogens (tertiary/aromatic N) is 5. The Hall–Kier alpha value is -2.02. The third kappa shape index (κ3) is 1.86. The maximum atomic E-state index is 12.3. The van der Waals surface area contributed by atoms with Gasteiger partial charge < -0.3 is 4.57 Å². The van der Waals surface area contributed by atoms with Crippen molar-refractivity contribution in [3.8, 4) is 0 Å². The Labute approximate surface area is 113 Å². The monoisotopic (exact) mass is 275 g/mol. The molecule has 0 aliphatic heterocycles. The maximum Gasteiger partial charge on any atom is 0.271 e.